The zero-order valence-corrected chi connectivity index (χ0v) is 12.4. The first-order valence-corrected chi connectivity index (χ1v) is 7.47. The van der Waals surface area contributed by atoms with Crippen molar-refractivity contribution in [2.75, 3.05) is 19.8 Å². The molecule has 3 nitrogen and oxygen atoms in total. The van der Waals surface area contributed by atoms with Crippen molar-refractivity contribution in [2.45, 2.75) is 6.04 Å². The Morgan fingerprint density at radius 2 is 2.23 bits per heavy atom. The number of rotatable bonds is 1. The third-order valence-electron chi connectivity index (χ3n) is 4.34. The van der Waals surface area contributed by atoms with Crippen molar-refractivity contribution >= 4 is 17.2 Å². The van der Waals surface area contributed by atoms with Crippen LogP contribution in [0.1, 0.15) is 5.56 Å². The second-order valence-electron chi connectivity index (χ2n) is 5.52. The van der Waals surface area contributed by atoms with Gasteiger partial charge in [0, 0.05) is 23.7 Å². The summed E-state index contributed by atoms with van der Waals surface area (Å²) in [6.45, 7) is 1.64. The Kier molecular flexibility index (Phi) is 3.27. The summed E-state index contributed by atoms with van der Waals surface area (Å²) in [5.74, 6) is -0.799. The largest absolute Gasteiger partial charge is 0.373 e. The summed E-state index contributed by atoms with van der Waals surface area (Å²) >= 11 is 5.93. The molecular formula is C16H13ClF2N2O. The summed E-state index contributed by atoms with van der Waals surface area (Å²) < 4.78 is 33.5. The quantitative estimate of drug-likeness (QED) is 0.742. The average molecular weight is 323 g/mol. The van der Waals surface area contributed by atoms with E-state index >= 15 is 0 Å². The lowest BCUT2D eigenvalue weighted by Crippen LogP contribution is -2.39. The van der Waals surface area contributed by atoms with Crippen LogP contribution >= 0.6 is 11.6 Å². The van der Waals surface area contributed by atoms with E-state index in [0.717, 1.165) is 17.5 Å². The molecule has 22 heavy (non-hydrogen) atoms. The van der Waals surface area contributed by atoms with Crippen LogP contribution in [-0.2, 0) is 4.74 Å². The number of morpholine rings is 1. The van der Waals surface area contributed by atoms with E-state index in [1.807, 2.05) is 0 Å². The lowest BCUT2D eigenvalue weighted by Gasteiger charge is -2.33. The summed E-state index contributed by atoms with van der Waals surface area (Å²) in [4.78, 5) is 5.86. The highest BCUT2D eigenvalue weighted by atomic mass is 35.5. The van der Waals surface area contributed by atoms with Crippen molar-refractivity contribution in [3.8, 4) is 0 Å². The Labute approximate surface area is 131 Å². The first-order chi connectivity index (χ1) is 10.6. The van der Waals surface area contributed by atoms with E-state index in [-0.39, 0.29) is 22.9 Å². The molecule has 1 saturated heterocycles. The predicted molar refractivity (Wildman–Crippen MR) is 79.3 cm³/mol. The summed E-state index contributed by atoms with van der Waals surface area (Å²) in [7, 11) is 0. The standard InChI is InChI=1S/C16H13ClF2N2O/c17-15-6-11(12(19)7-20-15)16-10-2-1-9(18)5-13(10)21-3-4-22-8-14(16)21/h1-2,5-7,10,13H,3-4,8H2. The van der Waals surface area contributed by atoms with Gasteiger partial charge in [0.2, 0.25) is 0 Å². The molecule has 2 atom stereocenters. The lowest BCUT2D eigenvalue weighted by atomic mass is 9.86. The van der Waals surface area contributed by atoms with Crippen LogP contribution < -0.4 is 0 Å². The molecule has 6 heteroatoms. The Morgan fingerprint density at radius 3 is 3.09 bits per heavy atom. The summed E-state index contributed by atoms with van der Waals surface area (Å²) in [5, 5.41) is 0.234. The minimum absolute atomic E-state index is 0.107. The molecule has 0 aromatic carbocycles. The van der Waals surface area contributed by atoms with Crippen LogP contribution in [0.2, 0.25) is 5.15 Å². The molecule has 1 aromatic rings. The number of hydrogen-bond acceptors (Lipinski definition) is 3. The molecule has 0 amide bonds. The van der Waals surface area contributed by atoms with Gasteiger partial charge in [-0.25, -0.2) is 13.8 Å². The van der Waals surface area contributed by atoms with Crippen molar-refractivity contribution < 1.29 is 13.5 Å². The van der Waals surface area contributed by atoms with Gasteiger partial charge in [0.15, 0.2) is 0 Å². The summed E-state index contributed by atoms with van der Waals surface area (Å²) in [6.07, 6.45) is 5.93. The van der Waals surface area contributed by atoms with Gasteiger partial charge in [-0.05, 0) is 23.8 Å². The average Bonchev–Trinajstić information content (AvgIpc) is 2.84. The second kappa shape index (κ2) is 5.18. The van der Waals surface area contributed by atoms with Gasteiger partial charge >= 0.3 is 0 Å². The molecule has 1 fully saturated rings. The van der Waals surface area contributed by atoms with Crippen molar-refractivity contribution in [3.63, 3.8) is 0 Å². The Bertz CT molecular complexity index is 729. The minimum Gasteiger partial charge on any atom is -0.373 e. The number of ether oxygens (including phenoxy) is 1. The van der Waals surface area contributed by atoms with Gasteiger partial charge in [-0.3, -0.25) is 0 Å². The molecule has 1 aliphatic carbocycles. The molecule has 2 unspecified atom stereocenters. The van der Waals surface area contributed by atoms with E-state index in [2.05, 4.69) is 9.88 Å². The molecule has 4 rings (SSSR count). The fourth-order valence-corrected chi connectivity index (χ4v) is 3.60. The molecule has 0 saturated carbocycles. The summed E-state index contributed by atoms with van der Waals surface area (Å²) in [5.41, 5.74) is 2.13. The van der Waals surface area contributed by atoms with Crippen molar-refractivity contribution in [1.82, 2.24) is 9.88 Å². The van der Waals surface area contributed by atoms with Gasteiger partial charge in [-0.15, -0.1) is 0 Å². The van der Waals surface area contributed by atoms with Gasteiger partial charge in [0.25, 0.3) is 0 Å². The predicted octanol–water partition coefficient (Wildman–Crippen LogP) is 3.34. The smallest absolute Gasteiger partial charge is 0.149 e. The van der Waals surface area contributed by atoms with Crippen LogP contribution in [0.15, 0.2) is 42.0 Å². The van der Waals surface area contributed by atoms with Crippen LogP contribution in [0.3, 0.4) is 0 Å². The number of aromatic nitrogens is 1. The highest BCUT2D eigenvalue weighted by Crippen LogP contribution is 2.45. The van der Waals surface area contributed by atoms with Crippen LogP contribution in [-0.4, -0.2) is 35.7 Å². The fraction of sp³-hybridized carbons (Fsp3) is 0.312. The van der Waals surface area contributed by atoms with E-state index in [1.54, 1.807) is 12.2 Å². The van der Waals surface area contributed by atoms with Crippen LogP contribution in [0, 0.1) is 11.7 Å². The Balaban J connectivity index is 1.88. The highest BCUT2D eigenvalue weighted by molar-refractivity contribution is 6.29. The Hall–Kier alpha value is -1.72. The maximum absolute atomic E-state index is 14.3. The van der Waals surface area contributed by atoms with Crippen molar-refractivity contribution in [1.29, 1.82) is 0 Å². The third-order valence-corrected chi connectivity index (χ3v) is 4.55. The minimum atomic E-state index is -0.429. The van der Waals surface area contributed by atoms with Gasteiger partial charge < -0.3 is 9.64 Å². The number of fused-ring (bicyclic) bond motifs is 3. The number of allylic oxidation sites excluding steroid dienone is 2. The maximum atomic E-state index is 14.3. The zero-order chi connectivity index (χ0) is 15.3. The molecule has 2 aliphatic heterocycles. The van der Waals surface area contributed by atoms with Crippen molar-refractivity contribution in [3.05, 3.63) is 58.5 Å². The molecular weight excluding hydrogens is 310 g/mol. The third kappa shape index (κ3) is 2.08. The van der Waals surface area contributed by atoms with Crippen molar-refractivity contribution in [2.24, 2.45) is 5.92 Å². The molecule has 3 heterocycles. The SMILES string of the molecule is FC1=CC2C(C=C1)C(c1cc(Cl)ncc1F)=C1COCCN12. The Morgan fingerprint density at radius 1 is 1.36 bits per heavy atom. The molecule has 0 radical (unpaired) electrons. The second-order valence-corrected chi connectivity index (χ2v) is 5.91. The van der Waals surface area contributed by atoms with Gasteiger partial charge in [0.05, 0.1) is 25.5 Å². The molecule has 1 aromatic heterocycles. The molecule has 0 spiro atoms. The lowest BCUT2D eigenvalue weighted by molar-refractivity contribution is 0.0680. The van der Waals surface area contributed by atoms with E-state index in [4.69, 9.17) is 16.3 Å². The first-order valence-electron chi connectivity index (χ1n) is 7.09. The van der Waals surface area contributed by atoms with Gasteiger partial charge in [0.1, 0.15) is 16.8 Å². The van der Waals surface area contributed by atoms with Gasteiger partial charge in [-0.1, -0.05) is 17.7 Å². The van der Waals surface area contributed by atoms with E-state index in [9.17, 15) is 8.78 Å². The monoisotopic (exact) mass is 322 g/mol. The molecule has 0 N–H and O–H groups in total. The van der Waals surface area contributed by atoms with E-state index in [0.29, 0.717) is 25.3 Å². The van der Waals surface area contributed by atoms with Gasteiger partial charge in [-0.2, -0.15) is 0 Å². The fourth-order valence-electron chi connectivity index (χ4n) is 3.44. The van der Waals surface area contributed by atoms with E-state index < -0.39 is 5.82 Å². The van der Waals surface area contributed by atoms with E-state index in [1.165, 1.54) is 12.1 Å². The first kappa shape index (κ1) is 13.9. The molecule has 114 valence electrons. The maximum Gasteiger partial charge on any atom is 0.149 e. The number of pyridine rings is 1. The zero-order valence-electron chi connectivity index (χ0n) is 11.6. The highest BCUT2D eigenvalue weighted by Gasteiger charge is 2.42. The topological polar surface area (TPSA) is 25.4 Å². The number of hydrogen-bond donors (Lipinski definition) is 0. The number of halogens is 3. The normalized spacial score (nSPS) is 26.9. The molecule has 0 bridgehead atoms. The number of nitrogens with zero attached hydrogens (tertiary/aromatic N) is 2. The van der Waals surface area contributed by atoms with Crippen LogP contribution in [0.25, 0.3) is 5.57 Å². The van der Waals surface area contributed by atoms with Crippen LogP contribution in [0.5, 0.6) is 0 Å². The summed E-state index contributed by atoms with van der Waals surface area (Å²) in [6, 6.07) is 1.39. The molecule has 3 aliphatic rings. The van der Waals surface area contributed by atoms with Crippen LogP contribution in [0.4, 0.5) is 8.78 Å².